The van der Waals surface area contributed by atoms with Crippen molar-refractivity contribution in [2.24, 2.45) is 5.73 Å². The molecule has 1 aromatic carbocycles. The average Bonchev–Trinajstić information content (AvgIpc) is 2.28. The standard InChI is InChI=1S/C14H23FN2O/c1-14(2,16)8-7-12(17-3)11-9-10(15)5-6-13(11)18-4/h5-6,9,12,17H,7-8,16H2,1-4H3. The molecule has 3 nitrogen and oxygen atoms in total. The Bertz CT molecular complexity index is 388. The van der Waals surface area contributed by atoms with Crippen LogP contribution in [0.5, 0.6) is 5.75 Å². The molecule has 0 amide bonds. The van der Waals surface area contributed by atoms with Crippen molar-refractivity contribution in [3.8, 4) is 5.75 Å². The largest absolute Gasteiger partial charge is 0.496 e. The molecule has 102 valence electrons. The minimum atomic E-state index is -0.252. The lowest BCUT2D eigenvalue weighted by atomic mass is 9.93. The fourth-order valence-electron chi connectivity index (χ4n) is 1.95. The van der Waals surface area contributed by atoms with Crippen LogP contribution in [0.2, 0.25) is 0 Å². The van der Waals surface area contributed by atoms with E-state index >= 15 is 0 Å². The zero-order chi connectivity index (χ0) is 13.8. The molecule has 0 aliphatic rings. The highest BCUT2D eigenvalue weighted by atomic mass is 19.1. The van der Waals surface area contributed by atoms with Gasteiger partial charge in [0.2, 0.25) is 0 Å². The molecule has 0 bridgehead atoms. The second-order valence-electron chi connectivity index (χ2n) is 5.25. The van der Waals surface area contributed by atoms with Crippen molar-refractivity contribution in [3.63, 3.8) is 0 Å². The zero-order valence-corrected chi connectivity index (χ0v) is 11.6. The van der Waals surface area contributed by atoms with Crippen molar-refractivity contribution in [1.29, 1.82) is 0 Å². The van der Waals surface area contributed by atoms with Gasteiger partial charge < -0.3 is 15.8 Å². The van der Waals surface area contributed by atoms with Gasteiger partial charge in [-0.15, -0.1) is 0 Å². The smallest absolute Gasteiger partial charge is 0.123 e. The first-order valence-electron chi connectivity index (χ1n) is 6.17. The topological polar surface area (TPSA) is 47.3 Å². The number of halogens is 1. The monoisotopic (exact) mass is 254 g/mol. The summed E-state index contributed by atoms with van der Waals surface area (Å²) in [5.74, 6) is 0.448. The third-order valence-electron chi connectivity index (χ3n) is 2.99. The Hall–Kier alpha value is -1.13. The second-order valence-corrected chi connectivity index (χ2v) is 5.25. The van der Waals surface area contributed by atoms with Gasteiger partial charge in [-0.05, 0) is 51.9 Å². The highest BCUT2D eigenvalue weighted by Crippen LogP contribution is 2.29. The molecule has 0 aliphatic carbocycles. The molecule has 0 saturated heterocycles. The van der Waals surface area contributed by atoms with E-state index in [1.165, 1.54) is 12.1 Å². The minimum Gasteiger partial charge on any atom is -0.496 e. The number of nitrogens with two attached hydrogens (primary N) is 1. The number of hydrogen-bond donors (Lipinski definition) is 2. The highest BCUT2D eigenvalue weighted by molar-refractivity contribution is 5.36. The average molecular weight is 254 g/mol. The van der Waals surface area contributed by atoms with Gasteiger partial charge >= 0.3 is 0 Å². The molecule has 0 heterocycles. The summed E-state index contributed by atoms with van der Waals surface area (Å²) >= 11 is 0. The summed E-state index contributed by atoms with van der Waals surface area (Å²) in [6, 6.07) is 4.62. The quantitative estimate of drug-likeness (QED) is 0.820. The molecule has 1 atom stereocenters. The molecule has 0 aliphatic heterocycles. The fraction of sp³-hybridized carbons (Fsp3) is 0.571. The number of benzene rings is 1. The van der Waals surface area contributed by atoms with Gasteiger partial charge in [-0.25, -0.2) is 4.39 Å². The Morgan fingerprint density at radius 2 is 2.11 bits per heavy atom. The van der Waals surface area contributed by atoms with E-state index in [1.807, 2.05) is 20.9 Å². The van der Waals surface area contributed by atoms with Gasteiger partial charge in [-0.1, -0.05) is 0 Å². The van der Waals surface area contributed by atoms with E-state index in [1.54, 1.807) is 13.2 Å². The molecule has 0 spiro atoms. The third kappa shape index (κ3) is 4.27. The van der Waals surface area contributed by atoms with Crippen molar-refractivity contribution in [2.45, 2.75) is 38.3 Å². The number of rotatable bonds is 6. The van der Waals surface area contributed by atoms with Crippen LogP contribution in [0, 0.1) is 5.82 Å². The Morgan fingerprint density at radius 1 is 1.44 bits per heavy atom. The summed E-state index contributed by atoms with van der Waals surface area (Å²) < 4.78 is 18.6. The first kappa shape index (κ1) is 14.9. The van der Waals surface area contributed by atoms with Crippen LogP contribution in [0.1, 0.15) is 38.3 Å². The van der Waals surface area contributed by atoms with Crippen LogP contribution in [0.15, 0.2) is 18.2 Å². The predicted octanol–water partition coefficient (Wildman–Crippen LogP) is 2.61. The maximum atomic E-state index is 13.3. The van der Waals surface area contributed by atoms with Crippen LogP contribution in [-0.2, 0) is 0 Å². The van der Waals surface area contributed by atoms with E-state index < -0.39 is 0 Å². The third-order valence-corrected chi connectivity index (χ3v) is 2.99. The zero-order valence-electron chi connectivity index (χ0n) is 11.6. The van der Waals surface area contributed by atoms with Gasteiger partial charge in [0.05, 0.1) is 7.11 Å². The van der Waals surface area contributed by atoms with E-state index in [9.17, 15) is 4.39 Å². The SMILES string of the molecule is CNC(CCC(C)(C)N)c1cc(F)ccc1OC. The van der Waals surface area contributed by atoms with Crippen LogP contribution in [0.25, 0.3) is 0 Å². The molecule has 3 N–H and O–H groups in total. The van der Waals surface area contributed by atoms with Crippen molar-refractivity contribution in [1.82, 2.24) is 5.32 Å². The van der Waals surface area contributed by atoms with Gasteiger partial charge in [0, 0.05) is 17.1 Å². The molecule has 1 rings (SSSR count). The Kier molecular flexibility index (Phi) is 5.11. The fourth-order valence-corrected chi connectivity index (χ4v) is 1.95. The molecule has 0 aromatic heterocycles. The molecule has 0 saturated carbocycles. The van der Waals surface area contributed by atoms with Gasteiger partial charge in [0.25, 0.3) is 0 Å². The maximum Gasteiger partial charge on any atom is 0.123 e. The Balaban J connectivity index is 2.90. The van der Waals surface area contributed by atoms with E-state index in [0.717, 1.165) is 18.4 Å². The molecular weight excluding hydrogens is 231 g/mol. The van der Waals surface area contributed by atoms with Crippen molar-refractivity contribution < 1.29 is 9.13 Å². The molecule has 18 heavy (non-hydrogen) atoms. The Labute approximate surface area is 109 Å². The van der Waals surface area contributed by atoms with Crippen molar-refractivity contribution in [2.75, 3.05) is 14.2 Å². The highest BCUT2D eigenvalue weighted by Gasteiger charge is 2.19. The second kappa shape index (κ2) is 6.16. The number of hydrogen-bond acceptors (Lipinski definition) is 3. The first-order valence-corrected chi connectivity index (χ1v) is 6.17. The van der Waals surface area contributed by atoms with Gasteiger partial charge in [-0.2, -0.15) is 0 Å². The lowest BCUT2D eigenvalue weighted by Crippen LogP contribution is -2.33. The molecule has 0 radical (unpaired) electrons. The van der Waals surface area contributed by atoms with E-state index in [2.05, 4.69) is 5.32 Å². The summed E-state index contributed by atoms with van der Waals surface area (Å²) in [4.78, 5) is 0. The number of methoxy groups -OCH3 is 1. The van der Waals surface area contributed by atoms with E-state index in [0.29, 0.717) is 5.75 Å². The summed E-state index contributed by atoms with van der Waals surface area (Å²) in [6.45, 7) is 3.98. The summed E-state index contributed by atoms with van der Waals surface area (Å²) in [6.07, 6.45) is 1.68. The molecule has 0 fully saturated rings. The summed E-state index contributed by atoms with van der Waals surface area (Å²) in [7, 11) is 3.45. The Morgan fingerprint density at radius 3 is 2.61 bits per heavy atom. The molecule has 4 heteroatoms. The van der Waals surface area contributed by atoms with Crippen LogP contribution < -0.4 is 15.8 Å². The first-order chi connectivity index (χ1) is 8.37. The summed E-state index contributed by atoms with van der Waals surface area (Å²) in [5.41, 5.74) is 6.59. The van der Waals surface area contributed by atoms with Gasteiger partial charge in [0.15, 0.2) is 0 Å². The van der Waals surface area contributed by atoms with E-state index in [-0.39, 0.29) is 17.4 Å². The van der Waals surface area contributed by atoms with E-state index in [4.69, 9.17) is 10.5 Å². The molecule has 1 unspecified atom stereocenters. The van der Waals surface area contributed by atoms with Crippen LogP contribution in [0.3, 0.4) is 0 Å². The summed E-state index contributed by atoms with van der Waals surface area (Å²) in [5, 5.41) is 3.19. The number of ether oxygens (including phenoxy) is 1. The lowest BCUT2D eigenvalue weighted by molar-refractivity contribution is 0.379. The lowest BCUT2D eigenvalue weighted by Gasteiger charge is -2.24. The predicted molar refractivity (Wildman–Crippen MR) is 72.3 cm³/mol. The molecule has 1 aromatic rings. The van der Waals surface area contributed by atoms with Crippen LogP contribution in [-0.4, -0.2) is 19.7 Å². The van der Waals surface area contributed by atoms with Gasteiger partial charge in [0.1, 0.15) is 11.6 Å². The maximum absolute atomic E-state index is 13.3. The normalized spacial score (nSPS) is 13.4. The van der Waals surface area contributed by atoms with Crippen molar-refractivity contribution >= 4 is 0 Å². The van der Waals surface area contributed by atoms with Gasteiger partial charge in [-0.3, -0.25) is 0 Å². The minimum absolute atomic E-state index is 0.0403. The molecular formula is C14H23FN2O. The number of nitrogens with one attached hydrogen (secondary N) is 1. The van der Waals surface area contributed by atoms with Crippen LogP contribution >= 0.6 is 0 Å². The van der Waals surface area contributed by atoms with Crippen molar-refractivity contribution in [3.05, 3.63) is 29.6 Å². The van der Waals surface area contributed by atoms with Crippen LogP contribution in [0.4, 0.5) is 4.39 Å².